The van der Waals surface area contributed by atoms with E-state index in [1.807, 2.05) is 11.1 Å². The van der Waals surface area contributed by atoms with Crippen LogP contribution in [0.1, 0.15) is 18.4 Å². The Hall–Kier alpha value is -2.48. The third kappa shape index (κ3) is 3.65. The average Bonchev–Trinajstić information content (AvgIpc) is 2.95. The van der Waals surface area contributed by atoms with Crippen molar-refractivity contribution in [3.05, 3.63) is 30.2 Å². The van der Waals surface area contributed by atoms with Gasteiger partial charge < -0.3 is 11.1 Å². The maximum Gasteiger partial charge on any atom is 0.231 e. The predicted molar refractivity (Wildman–Crippen MR) is 83.2 cm³/mol. The summed E-state index contributed by atoms with van der Waals surface area (Å²) < 4.78 is 1.68. The first-order valence-electron chi connectivity index (χ1n) is 7.69. The summed E-state index contributed by atoms with van der Waals surface area (Å²) in [7, 11) is 0. The summed E-state index contributed by atoms with van der Waals surface area (Å²) in [5.74, 6) is -0.476. The Balaban J connectivity index is 1.57. The molecule has 0 radical (unpaired) electrons. The van der Waals surface area contributed by atoms with E-state index in [2.05, 4.69) is 15.4 Å². The van der Waals surface area contributed by atoms with E-state index in [-0.39, 0.29) is 24.3 Å². The van der Waals surface area contributed by atoms with E-state index in [0.29, 0.717) is 13.1 Å². The highest BCUT2D eigenvalue weighted by Gasteiger charge is 2.26. The fourth-order valence-corrected chi connectivity index (χ4v) is 2.96. The Morgan fingerprint density at radius 3 is 3.13 bits per heavy atom. The van der Waals surface area contributed by atoms with Crippen LogP contribution in [0, 0.1) is 5.92 Å². The number of rotatable bonds is 5. The largest absolute Gasteiger partial charge is 0.369 e. The minimum absolute atomic E-state index is 0.00514. The number of piperidine rings is 1. The first kappa shape index (κ1) is 15.4. The molecule has 0 bridgehead atoms. The van der Waals surface area contributed by atoms with E-state index in [4.69, 9.17) is 5.73 Å². The Labute approximate surface area is 133 Å². The topological polar surface area (TPSA) is 106 Å². The van der Waals surface area contributed by atoms with Crippen molar-refractivity contribution in [2.45, 2.75) is 19.4 Å². The third-order valence-electron chi connectivity index (χ3n) is 4.06. The molecule has 0 unspecified atom stereocenters. The minimum atomic E-state index is -0.358. The molecule has 0 aromatic carbocycles. The number of carbonyl (C=O) groups is 2. The lowest BCUT2D eigenvalue weighted by Gasteiger charge is -2.30. The lowest BCUT2D eigenvalue weighted by atomic mass is 9.97. The normalized spacial score (nSPS) is 18.9. The quantitative estimate of drug-likeness (QED) is 0.777. The Bertz CT molecular complexity index is 713. The number of primary amides is 1. The van der Waals surface area contributed by atoms with Gasteiger partial charge in [0.25, 0.3) is 0 Å². The third-order valence-corrected chi connectivity index (χ3v) is 4.06. The molecule has 122 valence electrons. The Morgan fingerprint density at radius 2 is 2.30 bits per heavy atom. The van der Waals surface area contributed by atoms with Crippen LogP contribution in [0.5, 0.6) is 0 Å². The van der Waals surface area contributed by atoms with Crippen LogP contribution in [-0.4, -0.2) is 50.9 Å². The lowest BCUT2D eigenvalue weighted by Crippen LogP contribution is -2.45. The molecule has 8 nitrogen and oxygen atoms in total. The smallest absolute Gasteiger partial charge is 0.231 e. The second-order valence-corrected chi connectivity index (χ2v) is 5.82. The maximum absolute atomic E-state index is 12.4. The molecule has 0 aliphatic carbocycles. The molecule has 3 N–H and O–H groups in total. The van der Waals surface area contributed by atoms with Gasteiger partial charge in [-0.25, -0.2) is 9.50 Å². The standard InChI is InChI=1S/C15H20N6O2/c16-13(22)10-20-5-1-3-11(9-20)15(23)18-7-12-8-19-21-6-2-4-17-14(12)21/h2,4,6,8,11H,1,3,5,7,9-10H2,(H2,16,22)(H,18,23)/t11-/m1/s1. The van der Waals surface area contributed by atoms with Crippen LogP contribution >= 0.6 is 0 Å². The van der Waals surface area contributed by atoms with Crippen molar-refractivity contribution in [2.75, 3.05) is 19.6 Å². The van der Waals surface area contributed by atoms with Gasteiger partial charge in [-0.15, -0.1) is 0 Å². The zero-order valence-corrected chi connectivity index (χ0v) is 12.8. The van der Waals surface area contributed by atoms with Gasteiger partial charge in [0.05, 0.1) is 18.7 Å². The van der Waals surface area contributed by atoms with E-state index < -0.39 is 0 Å². The molecular formula is C15H20N6O2. The van der Waals surface area contributed by atoms with Gasteiger partial charge in [-0.3, -0.25) is 14.5 Å². The van der Waals surface area contributed by atoms with Gasteiger partial charge in [-0.1, -0.05) is 0 Å². The van der Waals surface area contributed by atoms with E-state index in [0.717, 1.165) is 30.6 Å². The average molecular weight is 316 g/mol. The van der Waals surface area contributed by atoms with Gasteiger partial charge in [-0.2, -0.15) is 5.10 Å². The summed E-state index contributed by atoms with van der Waals surface area (Å²) in [6.45, 7) is 1.99. The van der Waals surface area contributed by atoms with Gasteiger partial charge in [-0.05, 0) is 25.5 Å². The summed E-state index contributed by atoms with van der Waals surface area (Å²) in [5.41, 5.74) is 6.84. The SMILES string of the molecule is NC(=O)CN1CCC[C@@H](C(=O)NCc2cnn3cccnc23)C1. The molecule has 0 spiro atoms. The van der Waals surface area contributed by atoms with Gasteiger partial charge >= 0.3 is 0 Å². The maximum atomic E-state index is 12.4. The van der Waals surface area contributed by atoms with Crippen LogP contribution in [0.2, 0.25) is 0 Å². The van der Waals surface area contributed by atoms with Crippen LogP contribution in [0.15, 0.2) is 24.7 Å². The molecule has 2 amide bonds. The van der Waals surface area contributed by atoms with Crippen molar-refractivity contribution in [1.29, 1.82) is 0 Å². The van der Waals surface area contributed by atoms with Crippen molar-refractivity contribution in [3.63, 3.8) is 0 Å². The van der Waals surface area contributed by atoms with Gasteiger partial charge in [0.15, 0.2) is 5.65 Å². The molecule has 1 atom stereocenters. The summed E-state index contributed by atoms with van der Waals surface area (Å²) in [6.07, 6.45) is 6.95. The highest BCUT2D eigenvalue weighted by Crippen LogP contribution is 2.16. The summed E-state index contributed by atoms with van der Waals surface area (Å²) in [4.78, 5) is 29.6. The first-order chi connectivity index (χ1) is 11.1. The molecule has 1 saturated heterocycles. The van der Waals surface area contributed by atoms with Crippen molar-refractivity contribution >= 4 is 17.5 Å². The molecule has 2 aromatic heterocycles. The Morgan fingerprint density at radius 1 is 1.43 bits per heavy atom. The molecule has 2 aromatic rings. The van der Waals surface area contributed by atoms with Crippen LogP contribution in [-0.2, 0) is 16.1 Å². The second-order valence-electron chi connectivity index (χ2n) is 5.82. The number of nitrogens with one attached hydrogen (secondary N) is 1. The molecule has 23 heavy (non-hydrogen) atoms. The van der Waals surface area contributed by atoms with Crippen molar-refractivity contribution in [1.82, 2.24) is 24.8 Å². The number of fused-ring (bicyclic) bond motifs is 1. The lowest BCUT2D eigenvalue weighted by molar-refractivity contribution is -0.128. The highest BCUT2D eigenvalue weighted by molar-refractivity contribution is 5.79. The van der Waals surface area contributed by atoms with Crippen LogP contribution in [0.3, 0.4) is 0 Å². The van der Waals surface area contributed by atoms with Crippen molar-refractivity contribution < 1.29 is 9.59 Å². The fraction of sp³-hybridized carbons (Fsp3) is 0.467. The summed E-state index contributed by atoms with van der Waals surface area (Å²) in [6, 6.07) is 1.80. The van der Waals surface area contributed by atoms with E-state index >= 15 is 0 Å². The number of nitrogens with two attached hydrogens (primary N) is 1. The van der Waals surface area contributed by atoms with Crippen molar-refractivity contribution in [2.24, 2.45) is 11.7 Å². The van der Waals surface area contributed by atoms with Gasteiger partial charge in [0, 0.05) is 31.0 Å². The molecular weight excluding hydrogens is 296 g/mol. The highest BCUT2D eigenvalue weighted by atomic mass is 16.2. The number of nitrogens with zero attached hydrogens (tertiary/aromatic N) is 4. The Kier molecular flexibility index (Phi) is 4.52. The molecule has 3 heterocycles. The van der Waals surface area contributed by atoms with E-state index in [1.165, 1.54) is 0 Å². The van der Waals surface area contributed by atoms with Crippen LogP contribution in [0.25, 0.3) is 5.65 Å². The van der Waals surface area contributed by atoms with Gasteiger partial charge in [0.2, 0.25) is 11.8 Å². The predicted octanol–water partition coefficient (Wildman–Crippen LogP) is -0.457. The van der Waals surface area contributed by atoms with Crippen LogP contribution < -0.4 is 11.1 Å². The molecule has 8 heteroatoms. The second kappa shape index (κ2) is 6.74. The number of amides is 2. The summed E-state index contributed by atoms with van der Waals surface area (Å²) in [5, 5.41) is 7.14. The molecule has 1 aliphatic heterocycles. The van der Waals surface area contributed by atoms with E-state index in [1.54, 1.807) is 23.0 Å². The summed E-state index contributed by atoms with van der Waals surface area (Å²) >= 11 is 0. The molecule has 1 aliphatic rings. The fourth-order valence-electron chi connectivity index (χ4n) is 2.96. The number of likely N-dealkylation sites (tertiary alicyclic amines) is 1. The molecule has 0 saturated carbocycles. The monoisotopic (exact) mass is 316 g/mol. The number of hydrogen-bond acceptors (Lipinski definition) is 5. The molecule has 1 fully saturated rings. The van der Waals surface area contributed by atoms with Crippen LogP contribution in [0.4, 0.5) is 0 Å². The van der Waals surface area contributed by atoms with Gasteiger partial charge in [0.1, 0.15) is 0 Å². The minimum Gasteiger partial charge on any atom is -0.369 e. The number of hydrogen-bond donors (Lipinski definition) is 2. The van der Waals surface area contributed by atoms with Crippen molar-refractivity contribution in [3.8, 4) is 0 Å². The number of carbonyl (C=O) groups excluding carboxylic acids is 2. The first-order valence-corrected chi connectivity index (χ1v) is 7.69. The molecule has 3 rings (SSSR count). The van der Waals surface area contributed by atoms with E-state index in [9.17, 15) is 9.59 Å². The zero-order chi connectivity index (χ0) is 16.2. The number of aromatic nitrogens is 3. The zero-order valence-electron chi connectivity index (χ0n) is 12.8.